The van der Waals surface area contributed by atoms with E-state index in [1.807, 2.05) is 31.2 Å². The lowest BCUT2D eigenvalue weighted by Gasteiger charge is -2.14. The van der Waals surface area contributed by atoms with Crippen LogP contribution in [-0.4, -0.2) is 18.2 Å². The number of carbonyl (C=O) groups excluding carboxylic acids is 2. The van der Waals surface area contributed by atoms with E-state index in [0.717, 1.165) is 5.56 Å². The molecular formula is C18H19ClN2O2. The summed E-state index contributed by atoms with van der Waals surface area (Å²) in [5, 5.41) is 6.61. The largest absolute Gasteiger partial charge is 0.325 e. The zero-order valence-electron chi connectivity index (χ0n) is 13.1. The lowest BCUT2D eigenvalue weighted by atomic mass is 10.1. The van der Waals surface area contributed by atoms with Crippen LogP contribution in [0.1, 0.15) is 35.8 Å². The first kappa shape index (κ1) is 17.2. The molecule has 0 bridgehead atoms. The molecule has 0 spiro atoms. The summed E-state index contributed by atoms with van der Waals surface area (Å²) in [6, 6.07) is 14.4. The Morgan fingerprint density at radius 2 is 1.83 bits per heavy atom. The lowest BCUT2D eigenvalue weighted by Crippen LogP contribution is -2.30. The zero-order valence-corrected chi connectivity index (χ0v) is 13.9. The fourth-order valence-corrected chi connectivity index (χ4v) is 2.33. The highest BCUT2D eigenvalue weighted by molar-refractivity contribution is 6.30. The number of anilines is 1. The van der Waals surface area contributed by atoms with Gasteiger partial charge in [0.05, 0.1) is 6.54 Å². The smallest absolute Gasteiger partial charge is 0.238 e. The third-order valence-corrected chi connectivity index (χ3v) is 3.73. The van der Waals surface area contributed by atoms with Crippen molar-refractivity contribution in [2.75, 3.05) is 11.9 Å². The van der Waals surface area contributed by atoms with Crippen molar-refractivity contribution in [1.29, 1.82) is 0 Å². The van der Waals surface area contributed by atoms with Crippen molar-refractivity contribution in [3.8, 4) is 0 Å². The van der Waals surface area contributed by atoms with Crippen LogP contribution in [0.3, 0.4) is 0 Å². The minimum absolute atomic E-state index is 0.000102. The number of ketones is 1. The second kappa shape index (κ2) is 7.90. The van der Waals surface area contributed by atoms with Crippen LogP contribution in [0.5, 0.6) is 0 Å². The number of carbonyl (C=O) groups is 2. The molecule has 0 saturated heterocycles. The van der Waals surface area contributed by atoms with Gasteiger partial charge < -0.3 is 10.6 Å². The summed E-state index contributed by atoms with van der Waals surface area (Å²) in [5.41, 5.74) is 2.31. The van der Waals surface area contributed by atoms with Gasteiger partial charge in [0.2, 0.25) is 5.91 Å². The van der Waals surface area contributed by atoms with Gasteiger partial charge in [-0.15, -0.1) is 0 Å². The van der Waals surface area contributed by atoms with Gasteiger partial charge in [-0.25, -0.2) is 0 Å². The summed E-state index contributed by atoms with van der Waals surface area (Å²) < 4.78 is 0. The summed E-state index contributed by atoms with van der Waals surface area (Å²) in [4.78, 5) is 23.2. The number of halogens is 1. The van der Waals surface area contributed by atoms with Crippen molar-refractivity contribution in [2.24, 2.45) is 0 Å². The summed E-state index contributed by atoms with van der Waals surface area (Å²) >= 11 is 5.96. The summed E-state index contributed by atoms with van der Waals surface area (Å²) in [6.07, 6.45) is 0. The molecule has 0 saturated carbocycles. The molecule has 2 N–H and O–H groups in total. The van der Waals surface area contributed by atoms with Crippen LogP contribution >= 0.6 is 11.6 Å². The highest BCUT2D eigenvalue weighted by atomic mass is 35.5. The summed E-state index contributed by atoms with van der Waals surface area (Å²) in [5.74, 6) is -0.144. The van der Waals surface area contributed by atoms with Crippen LogP contribution in [0.4, 0.5) is 5.69 Å². The Kier molecular flexibility index (Phi) is 5.90. The number of nitrogens with one attached hydrogen (secondary N) is 2. The number of rotatable bonds is 6. The molecule has 5 heteroatoms. The fraction of sp³-hybridized carbons (Fsp3) is 0.222. The Balaban J connectivity index is 1.86. The second-order valence-corrected chi connectivity index (χ2v) is 5.78. The average Bonchev–Trinajstić information content (AvgIpc) is 2.53. The van der Waals surface area contributed by atoms with Gasteiger partial charge in [-0.2, -0.15) is 0 Å². The first-order chi connectivity index (χ1) is 11.0. The van der Waals surface area contributed by atoms with Crippen molar-refractivity contribution < 1.29 is 9.59 Å². The third kappa shape index (κ3) is 5.20. The average molecular weight is 331 g/mol. The predicted molar refractivity (Wildman–Crippen MR) is 92.9 cm³/mol. The van der Waals surface area contributed by atoms with E-state index in [2.05, 4.69) is 10.6 Å². The maximum absolute atomic E-state index is 12.0. The van der Waals surface area contributed by atoms with Gasteiger partial charge in [-0.3, -0.25) is 9.59 Å². The van der Waals surface area contributed by atoms with Crippen molar-refractivity contribution in [3.63, 3.8) is 0 Å². The normalized spacial score (nSPS) is 11.8. The SMILES string of the molecule is CC(=O)c1ccc(NC(=O)CN[C@H](C)c2cccc(Cl)c2)cc1. The van der Waals surface area contributed by atoms with Crippen molar-refractivity contribution in [1.82, 2.24) is 5.32 Å². The molecular weight excluding hydrogens is 312 g/mol. The molecule has 2 rings (SSSR count). The molecule has 2 aromatic rings. The van der Waals surface area contributed by atoms with Crippen LogP contribution < -0.4 is 10.6 Å². The fourth-order valence-electron chi connectivity index (χ4n) is 2.13. The Morgan fingerprint density at radius 3 is 2.43 bits per heavy atom. The molecule has 120 valence electrons. The van der Waals surface area contributed by atoms with Gasteiger partial charge in [-0.05, 0) is 55.8 Å². The van der Waals surface area contributed by atoms with E-state index in [1.54, 1.807) is 24.3 Å². The molecule has 0 fully saturated rings. The van der Waals surface area contributed by atoms with Gasteiger partial charge in [0.1, 0.15) is 0 Å². The van der Waals surface area contributed by atoms with E-state index in [1.165, 1.54) is 6.92 Å². The molecule has 23 heavy (non-hydrogen) atoms. The van der Waals surface area contributed by atoms with Gasteiger partial charge in [0.15, 0.2) is 5.78 Å². The minimum Gasteiger partial charge on any atom is -0.325 e. The molecule has 0 unspecified atom stereocenters. The Hall–Kier alpha value is -2.17. The molecule has 1 atom stereocenters. The van der Waals surface area contributed by atoms with E-state index in [0.29, 0.717) is 16.3 Å². The molecule has 0 aliphatic rings. The van der Waals surface area contributed by atoms with Gasteiger partial charge in [0, 0.05) is 22.3 Å². The lowest BCUT2D eigenvalue weighted by molar-refractivity contribution is -0.115. The quantitative estimate of drug-likeness (QED) is 0.791. The summed E-state index contributed by atoms with van der Waals surface area (Å²) in [7, 11) is 0. The van der Waals surface area contributed by atoms with Crippen LogP contribution in [0.15, 0.2) is 48.5 Å². The van der Waals surface area contributed by atoms with Crippen LogP contribution in [0.2, 0.25) is 5.02 Å². The van der Waals surface area contributed by atoms with Crippen molar-refractivity contribution in [2.45, 2.75) is 19.9 Å². The molecule has 4 nitrogen and oxygen atoms in total. The first-order valence-electron chi connectivity index (χ1n) is 7.35. The highest BCUT2D eigenvalue weighted by Gasteiger charge is 2.08. The zero-order chi connectivity index (χ0) is 16.8. The topological polar surface area (TPSA) is 58.2 Å². The molecule has 0 aliphatic heterocycles. The third-order valence-electron chi connectivity index (χ3n) is 3.49. The number of Topliss-reactive ketones (excluding diaryl/α,β-unsaturated/α-hetero) is 1. The van der Waals surface area contributed by atoms with E-state index in [9.17, 15) is 9.59 Å². The highest BCUT2D eigenvalue weighted by Crippen LogP contribution is 2.17. The van der Waals surface area contributed by atoms with Crippen LogP contribution in [-0.2, 0) is 4.79 Å². The molecule has 2 aromatic carbocycles. The standard InChI is InChI=1S/C18H19ClN2O2/c1-12(15-4-3-5-16(19)10-15)20-11-18(23)21-17-8-6-14(7-9-17)13(2)22/h3-10,12,20H,11H2,1-2H3,(H,21,23)/t12-/m1/s1. The van der Waals surface area contributed by atoms with Gasteiger partial charge in [0.25, 0.3) is 0 Å². The molecule has 0 radical (unpaired) electrons. The molecule has 0 aliphatic carbocycles. The Bertz CT molecular complexity index is 698. The van der Waals surface area contributed by atoms with E-state index in [4.69, 9.17) is 11.6 Å². The maximum atomic E-state index is 12.0. The number of hydrogen-bond acceptors (Lipinski definition) is 3. The summed E-state index contributed by atoms with van der Waals surface area (Å²) in [6.45, 7) is 3.66. The number of benzene rings is 2. The maximum Gasteiger partial charge on any atom is 0.238 e. The predicted octanol–water partition coefficient (Wildman–Crippen LogP) is 3.83. The number of hydrogen-bond donors (Lipinski definition) is 2. The van der Waals surface area contributed by atoms with Crippen molar-refractivity contribution in [3.05, 3.63) is 64.7 Å². The van der Waals surface area contributed by atoms with Gasteiger partial charge >= 0.3 is 0 Å². The van der Waals surface area contributed by atoms with E-state index < -0.39 is 0 Å². The first-order valence-corrected chi connectivity index (χ1v) is 7.73. The van der Waals surface area contributed by atoms with Crippen molar-refractivity contribution >= 4 is 29.0 Å². The molecule has 0 aromatic heterocycles. The van der Waals surface area contributed by atoms with Crippen LogP contribution in [0.25, 0.3) is 0 Å². The Morgan fingerprint density at radius 1 is 1.13 bits per heavy atom. The van der Waals surface area contributed by atoms with Gasteiger partial charge in [-0.1, -0.05) is 23.7 Å². The molecule has 0 heterocycles. The second-order valence-electron chi connectivity index (χ2n) is 5.34. The minimum atomic E-state index is -0.144. The van der Waals surface area contributed by atoms with E-state index in [-0.39, 0.29) is 24.3 Å². The molecule has 1 amide bonds. The monoisotopic (exact) mass is 330 g/mol. The van der Waals surface area contributed by atoms with Crippen LogP contribution in [0, 0.1) is 0 Å². The number of amides is 1. The van der Waals surface area contributed by atoms with E-state index >= 15 is 0 Å². The Labute approximate surface area is 140 Å².